The maximum absolute atomic E-state index is 12.7. The van der Waals surface area contributed by atoms with Gasteiger partial charge in [0.2, 0.25) is 17.6 Å². The number of aromatic nitrogens is 2. The van der Waals surface area contributed by atoms with E-state index in [9.17, 15) is 9.59 Å². The number of anilines is 1. The van der Waals surface area contributed by atoms with Gasteiger partial charge in [0.05, 0.1) is 5.56 Å². The highest BCUT2D eigenvalue weighted by atomic mass is 16.6. The minimum atomic E-state index is -1.72. The molecule has 8 heteroatoms. The summed E-state index contributed by atoms with van der Waals surface area (Å²) in [5.74, 6) is 0.385. The van der Waals surface area contributed by atoms with E-state index in [1.165, 1.54) is 20.0 Å². The predicted molar refractivity (Wildman–Crippen MR) is 101 cm³/mol. The van der Waals surface area contributed by atoms with Crippen LogP contribution in [-0.4, -0.2) is 46.7 Å². The summed E-state index contributed by atoms with van der Waals surface area (Å²) in [7, 11) is 3.60. The molecule has 1 aliphatic rings. The van der Waals surface area contributed by atoms with E-state index < -0.39 is 17.4 Å². The first kappa shape index (κ1) is 18.5. The van der Waals surface area contributed by atoms with Gasteiger partial charge < -0.3 is 9.64 Å². The summed E-state index contributed by atoms with van der Waals surface area (Å²) in [6.45, 7) is 4.28. The van der Waals surface area contributed by atoms with Crippen LogP contribution < -0.4 is 4.90 Å². The number of ketones is 1. The van der Waals surface area contributed by atoms with E-state index in [0.717, 1.165) is 10.6 Å². The standard InChI is InChI=1S/C19H21N5O3/c1-12(25)19(24(14(3)26)22-13(2)27-19)16-11-20-17(21-18(16)23(4)5)15-9-7-6-8-10-15/h6-11H,1-5H3. The molecule has 1 aromatic carbocycles. The molecular formula is C19H21N5O3. The Balaban J connectivity index is 2.22. The summed E-state index contributed by atoms with van der Waals surface area (Å²) in [4.78, 5) is 35.7. The smallest absolute Gasteiger partial charge is 0.296 e. The summed E-state index contributed by atoms with van der Waals surface area (Å²) in [5, 5.41) is 5.16. The van der Waals surface area contributed by atoms with Gasteiger partial charge in [-0.15, -0.1) is 5.10 Å². The normalized spacial score (nSPS) is 18.7. The number of hydrogen-bond acceptors (Lipinski definition) is 7. The summed E-state index contributed by atoms with van der Waals surface area (Å²) in [5.41, 5.74) is -0.521. The Hall–Kier alpha value is -3.29. The third-order valence-electron chi connectivity index (χ3n) is 4.20. The van der Waals surface area contributed by atoms with Crippen molar-refractivity contribution in [3.8, 4) is 11.4 Å². The number of nitrogens with zero attached hydrogens (tertiary/aromatic N) is 5. The second-order valence-electron chi connectivity index (χ2n) is 6.44. The van der Waals surface area contributed by atoms with Gasteiger partial charge in [-0.1, -0.05) is 30.3 Å². The van der Waals surface area contributed by atoms with Crippen molar-refractivity contribution in [1.29, 1.82) is 0 Å². The molecule has 1 aromatic heterocycles. The van der Waals surface area contributed by atoms with E-state index in [1.807, 2.05) is 30.3 Å². The zero-order valence-electron chi connectivity index (χ0n) is 15.9. The van der Waals surface area contributed by atoms with Crippen LogP contribution in [0.4, 0.5) is 5.82 Å². The topological polar surface area (TPSA) is 88.0 Å². The van der Waals surface area contributed by atoms with Gasteiger partial charge in [-0.3, -0.25) is 9.59 Å². The lowest BCUT2D eigenvalue weighted by molar-refractivity contribution is -0.162. The second kappa shape index (κ2) is 6.79. The highest BCUT2D eigenvalue weighted by molar-refractivity contribution is 5.96. The quantitative estimate of drug-likeness (QED) is 0.823. The fourth-order valence-electron chi connectivity index (χ4n) is 3.04. The number of hydrazone groups is 1. The number of ether oxygens (including phenoxy) is 1. The summed E-state index contributed by atoms with van der Waals surface area (Å²) in [6.07, 6.45) is 1.52. The molecule has 27 heavy (non-hydrogen) atoms. The number of benzene rings is 1. The van der Waals surface area contributed by atoms with Gasteiger partial charge in [0, 0.05) is 46.6 Å². The molecule has 1 atom stereocenters. The minimum Gasteiger partial charge on any atom is -0.439 e. The number of carbonyl (C=O) groups excluding carboxylic acids is 2. The van der Waals surface area contributed by atoms with Gasteiger partial charge in [-0.25, -0.2) is 9.97 Å². The van der Waals surface area contributed by atoms with Crippen LogP contribution >= 0.6 is 0 Å². The van der Waals surface area contributed by atoms with Crippen LogP contribution in [0.5, 0.6) is 0 Å². The summed E-state index contributed by atoms with van der Waals surface area (Å²) >= 11 is 0. The molecule has 0 N–H and O–H groups in total. The Labute approximate surface area is 157 Å². The molecule has 0 radical (unpaired) electrons. The van der Waals surface area contributed by atoms with Crippen molar-refractivity contribution in [1.82, 2.24) is 15.0 Å². The first-order valence-electron chi connectivity index (χ1n) is 8.43. The Morgan fingerprint density at radius 2 is 1.81 bits per heavy atom. The molecule has 0 bridgehead atoms. The molecule has 140 valence electrons. The van der Waals surface area contributed by atoms with Gasteiger partial charge in [-0.05, 0) is 0 Å². The first-order chi connectivity index (χ1) is 12.8. The minimum absolute atomic E-state index is 0.220. The average Bonchev–Trinajstić information content (AvgIpc) is 3.01. The van der Waals surface area contributed by atoms with Crippen LogP contribution in [0.15, 0.2) is 41.6 Å². The first-order valence-corrected chi connectivity index (χ1v) is 8.43. The summed E-state index contributed by atoms with van der Waals surface area (Å²) in [6, 6.07) is 9.50. The SMILES string of the molecule is CC(=O)N1N=C(C)OC1(C(C)=O)c1cnc(-c2ccccc2)nc1N(C)C. The largest absolute Gasteiger partial charge is 0.439 e. The number of rotatable bonds is 4. The zero-order chi connectivity index (χ0) is 19.8. The zero-order valence-corrected chi connectivity index (χ0v) is 15.9. The number of Topliss-reactive ketones (excluding diaryl/α,β-unsaturated/α-hetero) is 1. The van der Waals surface area contributed by atoms with E-state index in [4.69, 9.17) is 4.74 Å². The van der Waals surface area contributed by atoms with Crippen LogP contribution in [0.25, 0.3) is 11.4 Å². The molecule has 1 amide bonds. The molecule has 0 spiro atoms. The van der Waals surface area contributed by atoms with Crippen molar-refractivity contribution in [2.45, 2.75) is 26.5 Å². The van der Waals surface area contributed by atoms with E-state index in [0.29, 0.717) is 17.2 Å². The molecular weight excluding hydrogens is 346 g/mol. The summed E-state index contributed by atoms with van der Waals surface area (Å²) < 4.78 is 5.81. The molecule has 0 aliphatic carbocycles. The Morgan fingerprint density at radius 1 is 1.15 bits per heavy atom. The third kappa shape index (κ3) is 3.03. The fraction of sp³-hybridized carbons (Fsp3) is 0.316. The molecule has 2 aromatic rings. The van der Waals surface area contributed by atoms with E-state index in [1.54, 1.807) is 25.9 Å². The van der Waals surface area contributed by atoms with Crippen molar-refractivity contribution >= 4 is 23.4 Å². The van der Waals surface area contributed by atoms with Gasteiger partial charge in [0.15, 0.2) is 5.82 Å². The Morgan fingerprint density at radius 3 is 2.37 bits per heavy atom. The molecule has 0 saturated carbocycles. The lowest BCUT2D eigenvalue weighted by Gasteiger charge is -2.34. The van der Waals surface area contributed by atoms with Crippen LogP contribution in [0.3, 0.4) is 0 Å². The highest BCUT2D eigenvalue weighted by Gasteiger charge is 2.54. The third-order valence-corrected chi connectivity index (χ3v) is 4.20. The van der Waals surface area contributed by atoms with Crippen molar-refractivity contribution in [3.05, 3.63) is 42.1 Å². The van der Waals surface area contributed by atoms with Crippen LogP contribution in [0.1, 0.15) is 26.3 Å². The molecule has 0 fully saturated rings. The maximum atomic E-state index is 12.7. The van der Waals surface area contributed by atoms with E-state index >= 15 is 0 Å². The maximum Gasteiger partial charge on any atom is 0.296 e. The second-order valence-corrected chi connectivity index (χ2v) is 6.44. The molecule has 8 nitrogen and oxygen atoms in total. The molecule has 1 unspecified atom stereocenters. The molecule has 0 saturated heterocycles. The van der Waals surface area contributed by atoms with Gasteiger partial charge in [0.25, 0.3) is 5.72 Å². The van der Waals surface area contributed by atoms with Crippen LogP contribution in [0.2, 0.25) is 0 Å². The number of carbonyl (C=O) groups is 2. The van der Waals surface area contributed by atoms with Crippen molar-refractivity contribution < 1.29 is 14.3 Å². The van der Waals surface area contributed by atoms with E-state index in [-0.39, 0.29) is 5.90 Å². The monoisotopic (exact) mass is 367 g/mol. The van der Waals surface area contributed by atoms with Gasteiger partial charge in [0.1, 0.15) is 5.82 Å². The van der Waals surface area contributed by atoms with Gasteiger partial charge >= 0.3 is 0 Å². The van der Waals surface area contributed by atoms with Crippen LogP contribution in [0, 0.1) is 0 Å². The van der Waals surface area contributed by atoms with Crippen molar-refractivity contribution in [2.75, 3.05) is 19.0 Å². The average molecular weight is 367 g/mol. The van der Waals surface area contributed by atoms with Gasteiger partial charge in [-0.2, -0.15) is 5.01 Å². The predicted octanol–water partition coefficient (Wildman–Crippen LogP) is 2.16. The number of amides is 1. The molecule has 2 heterocycles. The van der Waals surface area contributed by atoms with E-state index in [2.05, 4.69) is 15.1 Å². The molecule has 1 aliphatic heterocycles. The Bertz CT molecular complexity index is 926. The lowest BCUT2D eigenvalue weighted by atomic mass is 9.99. The van der Waals surface area contributed by atoms with Crippen molar-refractivity contribution in [2.24, 2.45) is 5.10 Å². The lowest BCUT2D eigenvalue weighted by Crippen LogP contribution is -2.50. The fourth-order valence-corrected chi connectivity index (χ4v) is 3.04. The molecule has 3 rings (SSSR count). The highest BCUT2D eigenvalue weighted by Crippen LogP contribution is 2.40. The van der Waals surface area contributed by atoms with Crippen molar-refractivity contribution in [3.63, 3.8) is 0 Å². The number of hydrogen-bond donors (Lipinski definition) is 0. The Kier molecular flexibility index (Phi) is 4.65. The van der Waals surface area contributed by atoms with Crippen LogP contribution in [-0.2, 0) is 20.1 Å².